The Balaban J connectivity index is 1.73. The van der Waals surface area contributed by atoms with Gasteiger partial charge in [0.15, 0.2) is 0 Å². The Bertz CT molecular complexity index is 446. The van der Waals surface area contributed by atoms with Gasteiger partial charge in [-0.1, -0.05) is 15.9 Å². The van der Waals surface area contributed by atoms with Crippen molar-refractivity contribution < 1.29 is 4.39 Å². The number of likely N-dealkylation sites (tertiary alicyclic amines) is 1. The van der Waals surface area contributed by atoms with Crippen LogP contribution in [0, 0.1) is 5.82 Å². The summed E-state index contributed by atoms with van der Waals surface area (Å²) in [6, 6.07) is 5.84. The van der Waals surface area contributed by atoms with E-state index in [2.05, 4.69) is 25.7 Å². The summed E-state index contributed by atoms with van der Waals surface area (Å²) in [4.78, 5) is 5.04. The van der Waals surface area contributed by atoms with Gasteiger partial charge in [-0.2, -0.15) is 0 Å². The van der Waals surface area contributed by atoms with Gasteiger partial charge in [0.2, 0.25) is 0 Å². The molecule has 0 aliphatic carbocycles. The fraction of sp³-hybridized carbons (Fsp3) is 0.600. The number of halogens is 2. The lowest BCUT2D eigenvalue weighted by atomic mass is 10.2. The van der Waals surface area contributed by atoms with Crippen LogP contribution >= 0.6 is 15.9 Å². The summed E-state index contributed by atoms with van der Waals surface area (Å²) in [6.45, 7) is 4.69. The Morgan fingerprint density at radius 2 is 2.00 bits per heavy atom. The Hall–Kier alpha value is -0.610. The molecule has 104 valence electrons. The van der Waals surface area contributed by atoms with Crippen LogP contribution in [0.15, 0.2) is 18.2 Å². The molecule has 3 rings (SSSR count). The van der Waals surface area contributed by atoms with E-state index in [9.17, 15) is 4.39 Å². The van der Waals surface area contributed by atoms with Crippen LogP contribution < -0.4 is 4.90 Å². The molecule has 19 heavy (non-hydrogen) atoms. The minimum atomic E-state index is -0.145. The zero-order chi connectivity index (χ0) is 13.2. The maximum Gasteiger partial charge on any atom is 0.123 e. The summed E-state index contributed by atoms with van der Waals surface area (Å²) in [5.74, 6) is -0.145. The van der Waals surface area contributed by atoms with Gasteiger partial charge < -0.3 is 4.90 Å². The molecule has 2 nitrogen and oxygen atoms in total. The fourth-order valence-electron chi connectivity index (χ4n) is 3.34. The average molecular weight is 327 g/mol. The number of benzene rings is 1. The highest BCUT2D eigenvalue weighted by Crippen LogP contribution is 2.29. The van der Waals surface area contributed by atoms with Crippen molar-refractivity contribution in [3.05, 3.63) is 29.6 Å². The molecule has 4 heteroatoms. The first kappa shape index (κ1) is 13.4. The lowest BCUT2D eigenvalue weighted by Crippen LogP contribution is -2.35. The van der Waals surface area contributed by atoms with Gasteiger partial charge in [0.05, 0.1) is 0 Å². The lowest BCUT2D eigenvalue weighted by molar-refractivity contribution is 0.260. The van der Waals surface area contributed by atoms with Gasteiger partial charge in [0.1, 0.15) is 5.82 Å². The summed E-state index contributed by atoms with van der Waals surface area (Å²) >= 11 is 3.47. The van der Waals surface area contributed by atoms with Crippen LogP contribution in [0.25, 0.3) is 0 Å². The minimum Gasteiger partial charge on any atom is -0.370 e. The maximum absolute atomic E-state index is 13.3. The second kappa shape index (κ2) is 5.80. The van der Waals surface area contributed by atoms with Crippen molar-refractivity contribution in [1.29, 1.82) is 0 Å². The third-order valence-electron chi connectivity index (χ3n) is 4.35. The van der Waals surface area contributed by atoms with Gasteiger partial charge >= 0.3 is 0 Å². The zero-order valence-electron chi connectivity index (χ0n) is 11.1. The van der Waals surface area contributed by atoms with Gasteiger partial charge in [-0.05, 0) is 56.1 Å². The third kappa shape index (κ3) is 2.79. The summed E-state index contributed by atoms with van der Waals surface area (Å²) in [7, 11) is 0. The molecule has 0 bridgehead atoms. The Kier molecular flexibility index (Phi) is 4.08. The first-order valence-electron chi connectivity index (χ1n) is 7.11. The second-order valence-corrected chi connectivity index (χ2v) is 6.10. The van der Waals surface area contributed by atoms with E-state index in [1.165, 1.54) is 38.0 Å². The van der Waals surface area contributed by atoms with E-state index in [1.807, 2.05) is 6.07 Å². The van der Waals surface area contributed by atoms with Crippen molar-refractivity contribution >= 4 is 21.6 Å². The van der Waals surface area contributed by atoms with E-state index in [4.69, 9.17) is 0 Å². The average Bonchev–Trinajstić information content (AvgIpc) is 3.09. The molecule has 1 aromatic rings. The number of alkyl halides is 1. The van der Waals surface area contributed by atoms with Crippen LogP contribution in [0.3, 0.4) is 0 Å². The Labute approximate surface area is 122 Å². The molecule has 0 amide bonds. The van der Waals surface area contributed by atoms with Crippen molar-refractivity contribution in [2.24, 2.45) is 0 Å². The van der Waals surface area contributed by atoms with Crippen molar-refractivity contribution in [2.45, 2.75) is 30.6 Å². The quantitative estimate of drug-likeness (QED) is 0.785. The van der Waals surface area contributed by atoms with E-state index in [-0.39, 0.29) is 5.82 Å². The first-order chi connectivity index (χ1) is 9.28. The molecule has 2 aliphatic rings. The van der Waals surface area contributed by atoms with E-state index >= 15 is 0 Å². The summed E-state index contributed by atoms with van der Waals surface area (Å²) in [6.07, 6.45) is 3.93. The molecule has 0 spiro atoms. The molecule has 0 radical (unpaired) electrons. The van der Waals surface area contributed by atoms with Crippen LogP contribution in [0.5, 0.6) is 0 Å². The van der Waals surface area contributed by atoms with Crippen molar-refractivity contribution in [2.75, 3.05) is 31.1 Å². The second-order valence-electron chi connectivity index (χ2n) is 5.54. The highest BCUT2D eigenvalue weighted by molar-refractivity contribution is 9.08. The van der Waals surface area contributed by atoms with E-state index < -0.39 is 0 Å². The maximum atomic E-state index is 13.3. The summed E-state index contributed by atoms with van der Waals surface area (Å²) in [5.41, 5.74) is 2.25. The van der Waals surface area contributed by atoms with Crippen LogP contribution in [-0.2, 0) is 5.33 Å². The van der Waals surface area contributed by atoms with Crippen LogP contribution in [-0.4, -0.2) is 37.1 Å². The molecule has 0 N–H and O–H groups in total. The van der Waals surface area contributed by atoms with Crippen LogP contribution in [0.1, 0.15) is 24.8 Å². The molecule has 2 saturated heterocycles. The van der Waals surface area contributed by atoms with Crippen molar-refractivity contribution in [3.8, 4) is 0 Å². The van der Waals surface area contributed by atoms with Gasteiger partial charge in [0, 0.05) is 30.1 Å². The standard InChI is InChI=1S/C15H20BrFN2/c16-10-12-9-13(17)3-4-15(12)19-8-5-14(11-19)18-6-1-2-7-18/h3-4,9,14H,1-2,5-8,10-11H2. The number of rotatable bonds is 3. The zero-order valence-corrected chi connectivity index (χ0v) is 12.7. The molecular formula is C15H20BrFN2. The van der Waals surface area contributed by atoms with Gasteiger partial charge in [0.25, 0.3) is 0 Å². The van der Waals surface area contributed by atoms with E-state index in [0.717, 1.165) is 18.7 Å². The van der Waals surface area contributed by atoms with Gasteiger partial charge in [-0.3, -0.25) is 4.90 Å². The molecule has 1 unspecified atom stereocenters. The first-order valence-corrected chi connectivity index (χ1v) is 8.23. The van der Waals surface area contributed by atoms with Crippen molar-refractivity contribution in [1.82, 2.24) is 4.90 Å². The molecule has 1 atom stereocenters. The summed E-state index contributed by atoms with van der Waals surface area (Å²) in [5, 5.41) is 0.713. The van der Waals surface area contributed by atoms with Crippen molar-refractivity contribution in [3.63, 3.8) is 0 Å². The predicted molar refractivity (Wildman–Crippen MR) is 80.5 cm³/mol. The largest absolute Gasteiger partial charge is 0.370 e. The van der Waals surface area contributed by atoms with E-state index in [0.29, 0.717) is 11.4 Å². The highest BCUT2D eigenvalue weighted by atomic mass is 79.9. The fourth-order valence-corrected chi connectivity index (χ4v) is 3.78. The van der Waals surface area contributed by atoms with E-state index in [1.54, 1.807) is 12.1 Å². The normalized spacial score (nSPS) is 24.3. The number of hydrogen-bond acceptors (Lipinski definition) is 2. The van der Waals surface area contributed by atoms with Gasteiger partial charge in [-0.15, -0.1) is 0 Å². The van der Waals surface area contributed by atoms with Crippen LogP contribution in [0.2, 0.25) is 0 Å². The highest BCUT2D eigenvalue weighted by Gasteiger charge is 2.30. The molecule has 2 fully saturated rings. The number of nitrogens with zero attached hydrogens (tertiary/aromatic N) is 2. The molecule has 0 aromatic heterocycles. The third-order valence-corrected chi connectivity index (χ3v) is 4.95. The Morgan fingerprint density at radius 1 is 1.21 bits per heavy atom. The smallest absolute Gasteiger partial charge is 0.123 e. The number of hydrogen-bond donors (Lipinski definition) is 0. The predicted octanol–water partition coefficient (Wildman–Crippen LogP) is 3.40. The van der Waals surface area contributed by atoms with Crippen LogP contribution in [0.4, 0.5) is 10.1 Å². The molecular weight excluding hydrogens is 307 g/mol. The summed E-state index contributed by atoms with van der Waals surface area (Å²) < 4.78 is 13.3. The number of anilines is 1. The van der Waals surface area contributed by atoms with Gasteiger partial charge in [-0.25, -0.2) is 4.39 Å². The molecule has 2 aliphatic heterocycles. The Morgan fingerprint density at radius 3 is 2.74 bits per heavy atom. The molecule has 1 aromatic carbocycles. The topological polar surface area (TPSA) is 6.48 Å². The lowest BCUT2D eigenvalue weighted by Gasteiger charge is -2.25. The molecule has 2 heterocycles. The minimum absolute atomic E-state index is 0.145. The SMILES string of the molecule is Fc1ccc(N2CCC(N3CCCC3)C2)c(CBr)c1. The molecule has 0 saturated carbocycles. The monoisotopic (exact) mass is 326 g/mol.